The molecule has 0 radical (unpaired) electrons. The van der Waals surface area contributed by atoms with Gasteiger partial charge in [-0.2, -0.15) is 0 Å². The first-order chi connectivity index (χ1) is 16.2. The van der Waals surface area contributed by atoms with Crippen LogP contribution < -0.4 is 10.3 Å². The second-order valence-electron chi connectivity index (χ2n) is 8.38. The Hall–Kier alpha value is -2.96. The molecule has 1 N–H and O–H groups in total. The lowest BCUT2D eigenvalue weighted by Crippen LogP contribution is -2.11. The lowest BCUT2D eigenvalue weighted by atomic mass is 9.97. The van der Waals surface area contributed by atoms with Gasteiger partial charge in [0.25, 0.3) is 5.56 Å². The third-order valence-electron chi connectivity index (χ3n) is 6.29. The number of hydrogen-bond acceptors (Lipinski definition) is 4. The minimum Gasteiger partial charge on any atom is -0.488 e. The van der Waals surface area contributed by atoms with Crippen LogP contribution in [-0.2, 0) is 19.4 Å². The van der Waals surface area contributed by atoms with Crippen LogP contribution >= 0.6 is 27.3 Å². The van der Waals surface area contributed by atoms with Gasteiger partial charge in [-0.1, -0.05) is 42.5 Å². The summed E-state index contributed by atoms with van der Waals surface area (Å²) >= 11 is 5.31. The molecule has 2 aromatic heterocycles. The molecule has 0 unspecified atom stereocenters. The first-order valence-electron chi connectivity index (χ1n) is 11.1. The molecule has 2 heterocycles. The van der Waals surface area contributed by atoms with Crippen molar-refractivity contribution in [2.75, 3.05) is 0 Å². The Kier molecular flexibility index (Phi) is 5.27. The van der Waals surface area contributed by atoms with Gasteiger partial charge in [0.2, 0.25) is 0 Å². The molecule has 1 aliphatic carbocycles. The van der Waals surface area contributed by atoms with Crippen molar-refractivity contribution in [2.24, 2.45) is 0 Å². The predicted octanol–water partition coefficient (Wildman–Crippen LogP) is 7.03. The normalized spacial score (nSPS) is 13.4. The number of thiophene rings is 1. The zero-order valence-electron chi connectivity index (χ0n) is 17.9. The summed E-state index contributed by atoms with van der Waals surface area (Å²) in [7, 11) is 0. The van der Waals surface area contributed by atoms with E-state index < -0.39 is 0 Å². The minimum absolute atomic E-state index is 0.0400. The molecule has 0 fully saturated rings. The van der Waals surface area contributed by atoms with Crippen molar-refractivity contribution in [3.63, 3.8) is 0 Å². The minimum atomic E-state index is -0.0400. The predicted molar refractivity (Wildman–Crippen MR) is 138 cm³/mol. The first-order valence-corrected chi connectivity index (χ1v) is 12.7. The summed E-state index contributed by atoms with van der Waals surface area (Å²) in [4.78, 5) is 22.9. The molecule has 0 atom stereocenters. The maximum atomic E-state index is 12.9. The molecule has 4 nitrogen and oxygen atoms in total. The van der Waals surface area contributed by atoms with Crippen molar-refractivity contribution in [3.8, 4) is 17.1 Å². The summed E-state index contributed by atoms with van der Waals surface area (Å²) in [5, 5.41) is 3.18. The van der Waals surface area contributed by atoms with Crippen LogP contribution in [0.4, 0.5) is 0 Å². The largest absolute Gasteiger partial charge is 0.488 e. The number of fused-ring (bicyclic) bond motifs is 4. The molecule has 0 saturated heterocycles. The smallest absolute Gasteiger partial charge is 0.260 e. The van der Waals surface area contributed by atoms with Crippen LogP contribution in [0.1, 0.15) is 28.8 Å². The Bertz CT molecular complexity index is 1570. The molecule has 1 aliphatic rings. The highest BCUT2D eigenvalue weighted by Gasteiger charge is 2.20. The average molecular weight is 517 g/mol. The monoisotopic (exact) mass is 516 g/mol. The Labute approximate surface area is 203 Å². The van der Waals surface area contributed by atoms with Crippen LogP contribution in [0.25, 0.3) is 32.4 Å². The Morgan fingerprint density at radius 2 is 1.88 bits per heavy atom. The Balaban J connectivity index is 1.29. The third-order valence-corrected chi connectivity index (χ3v) is 8.10. The van der Waals surface area contributed by atoms with Crippen molar-refractivity contribution in [1.82, 2.24) is 9.97 Å². The van der Waals surface area contributed by atoms with E-state index in [2.05, 4.69) is 51.2 Å². The number of ether oxygens (including phenoxy) is 1. The van der Waals surface area contributed by atoms with E-state index in [9.17, 15) is 4.79 Å². The number of hydrogen-bond donors (Lipinski definition) is 1. The topological polar surface area (TPSA) is 55.0 Å². The number of aryl methyl sites for hydroxylation is 2. The average Bonchev–Trinajstić information content (AvgIpc) is 3.22. The van der Waals surface area contributed by atoms with Crippen LogP contribution in [0.5, 0.6) is 5.75 Å². The van der Waals surface area contributed by atoms with Gasteiger partial charge in [0.15, 0.2) is 0 Å². The summed E-state index contributed by atoms with van der Waals surface area (Å²) in [5.41, 5.74) is 3.16. The van der Waals surface area contributed by atoms with Crippen LogP contribution in [0, 0.1) is 0 Å². The van der Waals surface area contributed by atoms with E-state index in [0.29, 0.717) is 12.4 Å². The summed E-state index contributed by atoms with van der Waals surface area (Å²) in [6.45, 7) is 0.473. The van der Waals surface area contributed by atoms with Gasteiger partial charge in [-0.15, -0.1) is 11.3 Å². The second kappa shape index (κ2) is 8.43. The number of nitrogens with one attached hydrogen (secondary N) is 1. The van der Waals surface area contributed by atoms with E-state index in [-0.39, 0.29) is 5.56 Å². The fourth-order valence-electron chi connectivity index (χ4n) is 4.64. The molecule has 6 rings (SSSR count). The quantitative estimate of drug-likeness (QED) is 0.279. The number of rotatable bonds is 4. The Morgan fingerprint density at radius 3 is 2.79 bits per heavy atom. The molecule has 33 heavy (non-hydrogen) atoms. The Morgan fingerprint density at radius 1 is 1.03 bits per heavy atom. The lowest BCUT2D eigenvalue weighted by Gasteiger charge is -2.12. The fraction of sp³-hybridized carbons (Fsp3) is 0.185. The van der Waals surface area contributed by atoms with E-state index >= 15 is 0 Å². The number of H-pyrrole nitrogens is 1. The number of aromatic amines is 1. The van der Waals surface area contributed by atoms with Crippen molar-refractivity contribution >= 4 is 48.3 Å². The van der Waals surface area contributed by atoms with Crippen molar-refractivity contribution < 1.29 is 4.74 Å². The zero-order chi connectivity index (χ0) is 22.4. The number of halogens is 1. The maximum absolute atomic E-state index is 12.9. The van der Waals surface area contributed by atoms with E-state index in [1.807, 2.05) is 30.3 Å². The number of benzene rings is 3. The molecule has 0 spiro atoms. The highest BCUT2D eigenvalue weighted by molar-refractivity contribution is 9.10. The van der Waals surface area contributed by atoms with Gasteiger partial charge in [0, 0.05) is 10.4 Å². The second-order valence-corrected chi connectivity index (χ2v) is 10.3. The van der Waals surface area contributed by atoms with Gasteiger partial charge in [-0.25, -0.2) is 4.98 Å². The van der Waals surface area contributed by atoms with Crippen LogP contribution in [0.3, 0.4) is 0 Å². The molecule has 0 amide bonds. The summed E-state index contributed by atoms with van der Waals surface area (Å²) in [5.74, 6) is 1.34. The third kappa shape index (κ3) is 3.77. The molecule has 164 valence electrons. The van der Waals surface area contributed by atoms with Gasteiger partial charge < -0.3 is 9.72 Å². The maximum Gasteiger partial charge on any atom is 0.260 e. The molecular formula is C27H21BrN2O2S. The van der Waals surface area contributed by atoms with Crippen LogP contribution in [0.2, 0.25) is 0 Å². The van der Waals surface area contributed by atoms with E-state index in [0.717, 1.165) is 50.8 Å². The van der Waals surface area contributed by atoms with Gasteiger partial charge >= 0.3 is 0 Å². The summed E-state index contributed by atoms with van der Waals surface area (Å²) in [6.07, 6.45) is 4.37. The molecule has 6 heteroatoms. The van der Waals surface area contributed by atoms with Gasteiger partial charge in [0.1, 0.15) is 23.0 Å². The standard InChI is InChI=1S/C27H21BrN2O2S/c28-21-14-17(25-29-26(31)24-20-10-3-4-11-23(20)33-27(24)30-25)12-13-22(21)32-15-18-8-5-7-16-6-1-2-9-19(16)18/h1-2,5-9,12-14H,3-4,10-11,15H2,(H,29,30,31). The van der Waals surface area contributed by atoms with E-state index in [1.165, 1.54) is 27.6 Å². The highest BCUT2D eigenvalue weighted by Crippen LogP contribution is 2.35. The summed E-state index contributed by atoms with van der Waals surface area (Å²) in [6, 6.07) is 20.4. The van der Waals surface area contributed by atoms with Gasteiger partial charge in [-0.3, -0.25) is 4.79 Å². The van der Waals surface area contributed by atoms with Crippen LogP contribution in [-0.4, -0.2) is 9.97 Å². The zero-order valence-corrected chi connectivity index (χ0v) is 20.3. The number of aromatic nitrogens is 2. The van der Waals surface area contributed by atoms with Gasteiger partial charge in [-0.05, 0) is 81.7 Å². The number of nitrogens with zero attached hydrogens (tertiary/aromatic N) is 1. The van der Waals surface area contributed by atoms with Crippen molar-refractivity contribution in [2.45, 2.75) is 32.3 Å². The molecule has 0 saturated carbocycles. The highest BCUT2D eigenvalue weighted by atomic mass is 79.9. The molecule has 5 aromatic rings. The van der Waals surface area contributed by atoms with E-state index in [4.69, 9.17) is 9.72 Å². The molecule has 0 aliphatic heterocycles. The van der Waals surface area contributed by atoms with E-state index in [1.54, 1.807) is 11.3 Å². The molecule has 0 bridgehead atoms. The first kappa shape index (κ1) is 20.6. The van der Waals surface area contributed by atoms with Crippen molar-refractivity contribution in [1.29, 1.82) is 0 Å². The molecular weight excluding hydrogens is 496 g/mol. The SMILES string of the molecule is O=c1[nH]c(-c2ccc(OCc3cccc4ccccc34)c(Br)c2)nc2sc3c(c12)CCCC3. The summed E-state index contributed by atoms with van der Waals surface area (Å²) < 4.78 is 6.96. The lowest BCUT2D eigenvalue weighted by molar-refractivity contribution is 0.306. The van der Waals surface area contributed by atoms with Gasteiger partial charge in [0.05, 0.1) is 9.86 Å². The molecule has 3 aromatic carbocycles. The fourth-order valence-corrected chi connectivity index (χ4v) is 6.39. The van der Waals surface area contributed by atoms with Crippen LogP contribution in [0.15, 0.2) is 69.9 Å². The van der Waals surface area contributed by atoms with Crippen molar-refractivity contribution in [3.05, 3.63) is 91.5 Å².